The zero-order valence-electron chi connectivity index (χ0n) is 17.4. The molecule has 32 heavy (non-hydrogen) atoms. The van der Waals surface area contributed by atoms with E-state index < -0.39 is 18.0 Å². The SMILES string of the molecule is Cc1nc2c3c(nn2c(C)c1Cl)CN(C(=O)c1ccc(F)cc1O[C@@H]1CNC[C@H]1O)C3.Cl. The van der Waals surface area contributed by atoms with Crippen LogP contribution in [-0.4, -0.2) is 55.8 Å². The number of carbonyl (C=O) groups excluding carboxylic acids is 1. The van der Waals surface area contributed by atoms with Crippen LogP contribution in [0.25, 0.3) is 5.65 Å². The molecule has 5 rings (SSSR count). The molecule has 8 nitrogen and oxygen atoms in total. The lowest BCUT2D eigenvalue weighted by Crippen LogP contribution is -2.32. The average Bonchev–Trinajstić information content (AvgIpc) is 3.42. The largest absolute Gasteiger partial charge is 0.485 e. The minimum Gasteiger partial charge on any atom is -0.485 e. The third-order valence-corrected chi connectivity index (χ3v) is 6.37. The quantitative estimate of drug-likeness (QED) is 0.596. The van der Waals surface area contributed by atoms with E-state index in [4.69, 9.17) is 16.3 Å². The summed E-state index contributed by atoms with van der Waals surface area (Å²) < 4.78 is 21.4. The first kappa shape index (κ1) is 22.7. The molecule has 0 aliphatic carbocycles. The predicted octanol–water partition coefficient (Wildman–Crippen LogP) is 2.43. The van der Waals surface area contributed by atoms with Gasteiger partial charge in [-0.05, 0) is 26.0 Å². The summed E-state index contributed by atoms with van der Waals surface area (Å²) in [7, 11) is 0. The highest BCUT2D eigenvalue weighted by Crippen LogP contribution is 2.32. The average molecular weight is 482 g/mol. The molecule has 0 bridgehead atoms. The molecule has 0 saturated carbocycles. The van der Waals surface area contributed by atoms with Crippen molar-refractivity contribution < 1.29 is 19.0 Å². The fourth-order valence-corrected chi connectivity index (χ4v) is 4.24. The number of aliphatic hydroxyl groups excluding tert-OH is 1. The number of hydrogen-bond acceptors (Lipinski definition) is 6. The highest BCUT2D eigenvalue weighted by molar-refractivity contribution is 6.31. The van der Waals surface area contributed by atoms with Gasteiger partial charge < -0.3 is 20.1 Å². The number of aliphatic hydroxyl groups is 1. The summed E-state index contributed by atoms with van der Waals surface area (Å²) in [4.78, 5) is 19.5. The smallest absolute Gasteiger partial charge is 0.258 e. The van der Waals surface area contributed by atoms with Crippen molar-refractivity contribution in [2.75, 3.05) is 13.1 Å². The number of hydrogen-bond donors (Lipinski definition) is 2. The number of nitrogens with one attached hydrogen (secondary N) is 1. The van der Waals surface area contributed by atoms with Gasteiger partial charge in [-0.25, -0.2) is 13.9 Å². The Morgan fingerprint density at radius 2 is 2.09 bits per heavy atom. The second-order valence-corrected chi connectivity index (χ2v) is 8.32. The molecule has 0 spiro atoms. The van der Waals surface area contributed by atoms with Crippen molar-refractivity contribution in [3.8, 4) is 5.75 Å². The second-order valence-electron chi connectivity index (χ2n) is 7.94. The Labute approximate surface area is 194 Å². The minimum absolute atomic E-state index is 0. The van der Waals surface area contributed by atoms with Gasteiger partial charge in [0.05, 0.1) is 40.8 Å². The Kier molecular flexibility index (Phi) is 6.02. The van der Waals surface area contributed by atoms with Crippen molar-refractivity contribution in [1.82, 2.24) is 24.8 Å². The van der Waals surface area contributed by atoms with E-state index in [1.807, 2.05) is 13.8 Å². The number of aryl methyl sites for hydroxylation is 2. The summed E-state index contributed by atoms with van der Waals surface area (Å²) in [5.74, 6) is -0.691. The fraction of sp³-hybridized carbons (Fsp3) is 0.381. The van der Waals surface area contributed by atoms with Crippen molar-refractivity contribution in [1.29, 1.82) is 0 Å². The summed E-state index contributed by atoms with van der Waals surface area (Å²) in [6.07, 6.45) is -1.27. The van der Waals surface area contributed by atoms with Gasteiger partial charge in [0.1, 0.15) is 23.8 Å². The maximum Gasteiger partial charge on any atom is 0.258 e. The van der Waals surface area contributed by atoms with Crippen molar-refractivity contribution in [2.45, 2.75) is 39.1 Å². The number of β-amino-alcohol motifs (C(OH)–C–C–N with tert-alkyl or cyclic N) is 1. The molecule has 170 valence electrons. The van der Waals surface area contributed by atoms with Gasteiger partial charge in [0.15, 0.2) is 5.65 Å². The monoisotopic (exact) mass is 481 g/mol. The zero-order valence-corrected chi connectivity index (χ0v) is 19.0. The van der Waals surface area contributed by atoms with Crippen LogP contribution in [0, 0.1) is 19.7 Å². The summed E-state index contributed by atoms with van der Waals surface area (Å²) in [5.41, 5.74) is 4.06. The molecule has 2 aliphatic heterocycles. The van der Waals surface area contributed by atoms with Crippen LogP contribution in [0.15, 0.2) is 18.2 Å². The highest BCUT2D eigenvalue weighted by Gasteiger charge is 2.33. The number of fused-ring (bicyclic) bond motifs is 3. The molecule has 1 amide bonds. The van der Waals surface area contributed by atoms with Crippen molar-refractivity contribution in [2.24, 2.45) is 0 Å². The second kappa shape index (κ2) is 8.47. The van der Waals surface area contributed by atoms with Crippen LogP contribution >= 0.6 is 24.0 Å². The number of nitrogens with zero attached hydrogens (tertiary/aromatic N) is 4. The highest BCUT2D eigenvalue weighted by atomic mass is 35.5. The minimum atomic E-state index is -0.722. The molecular formula is C21H22Cl2FN5O3. The van der Waals surface area contributed by atoms with Gasteiger partial charge in [-0.1, -0.05) is 11.6 Å². The first-order valence-corrected chi connectivity index (χ1v) is 10.4. The number of carbonyl (C=O) groups is 1. The summed E-state index contributed by atoms with van der Waals surface area (Å²) >= 11 is 6.29. The molecule has 2 aliphatic rings. The molecule has 11 heteroatoms. The molecule has 4 heterocycles. The third-order valence-electron chi connectivity index (χ3n) is 5.82. The number of ether oxygens (including phenoxy) is 1. The van der Waals surface area contributed by atoms with Crippen LogP contribution in [0.3, 0.4) is 0 Å². The number of halogens is 3. The molecule has 1 fully saturated rings. The van der Waals surface area contributed by atoms with Gasteiger partial charge in [0.2, 0.25) is 0 Å². The van der Waals surface area contributed by atoms with E-state index in [1.165, 1.54) is 18.2 Å². The van der Waals surface area contributed by atoms with Crippen LogP contribution in [0.5, 0.6) is 5.75 Å². The standard InChI is InChI=1S/C21H21ClFN5O3.ClH/c1-10-19(22)11(2)28-20(25-10)14-8-27(9-15(14)26-28)21(30)13-4-3-12(23)5-17(13)31-18-7-24-6-16(18)29;/h3-5,16,18,24,29H,6-9H2,1-2H3;1H/t16-,18-;/m1./s1. The van der Waals surface area contributed by atoms with E-state index in [0.29, 0.717) is 42.5 Å². The van der Waals surface area contributed by atoms with E-state index in [0.717, 1.165) is 17.0 Å². The Balaban J connectivity index is 0.00000245. The van der Waals surface area contributed by atoms with Crippen LogP contribution in [0.1, 0.15) is 33.0 Å². The maximum absolute atomic E-state index is 13.9. The Bertz CT molecular complexity index is 1220. The summed E-state index contributed by atoms with van der Waals surface area (Å²) in [6.45, 7) is 5.16. The fourth-order valence-electron chi connectivity index (χ4n) is 4.12. The topological polar surface area (TPSA) is 92.0 Å². The van der Waals surface area contributed by atoms with Crippen LogP contribution in [-0.2, 0) is 13.1 Å². The first-order chi connectivity index (χ1) is 14.8. The van der Waals surface area contributed by atoms with Gasteiger partial charge in [-0.15, -0.1) is 12.4 Å². The van der Waals surface area contributed by atoms with Gasteiger partial charge in [0.25, 0.3) is 5.91 Å². The molecule has 2 aromatic heterocycles. The number of aromatic nitrogens is 3. The lowest BCUT2D eigenvalue weighted by Gasteiger charge is -2.21. The normalized spacial score (nSPS) is 19.8. The number of amides is 1. The molecule has 3 aromatic rings. The molecule has 2 atom stereocenters. The zero-order chi connectivity index (χ0) is 21.9. The first-order valence-electron chi connectivity index (χ1n) is 10.0. The Morgan fingerprint density at radius 1 is 1.31 bits per heavy atom. The van der Waals surface area contributed by atoms with Gasteiger partial charge in [0, 0.05) is 24.7 Å². The van der Waals surface area contributed by atoms with E-state index in [1.54, 1.807) is 9.42 Å². The predicted molar refractivity (Wildman–Crippen MR) is 118 cm³/mol. The lowest BCUT2D eigenvalue weighted by molar-refractivity contribution is 0.0666. The maximum atomic E-state index is 13.9. The number of rotatable bonds is 3. The van der Waals surface area contributed by atoms with Gasteiger partial charge in [-0.2, -0.15) is 5.10 Å². The van der Waals surface area contributed by atoms with Crippen molar-refractivity contribution in [3.05, 3.63) is 57.2 Å². The lowest BCUT2D eigenvalue weighted by atomic mass is 10.1. The molecule has 0 radical (unpaired) electrons. The number of benzene rings is 1. The van der Waals surface area contributed by atoms with Crippen LogP contribution < -0.4 is 10.1 Å². The Hall–Kier alpha value is -2.46. The molecule has 1 saturated heterocycles. The third kappa shape index (κ3) is 3.69. The molecule has 0 unspecified atom stereocenters. The van der Waals surface area contributed by atoms with Crippen LogP contribution in [0.2, 0.25) is 5.02 Å². The molecule has 2 N–H and O–H groups in total. The van der Waals surface area contributed by atoms with E-state index in [9.17, 15) is 14.3 Å². The van der Waals surface area contributed by atoms with Crippen LogP contribution in [0.4, 0.5) is 4.39 Å². The summed E-state index contributed by atoms with van der Waals surface area (Å²) in [5, 5.41) is 18.2. The Morgan fingerprint density at radius 3 is 2.81 bits per heavy atom. The van der Waals surface area contributed by atoms with E-state index in [2.05, 4.69) is 15.4 Å². The molecular weight excluding hydrogens is 460 g/mol. The van der Waals surface area contributed by atoms with Gasteiger partial charge in [-0.3, -0.25) is 4.79 Å². The van der Waals surface area contributed by atoms with E-state index >= 15 is 0 Å². The molecule has 1 aromatic carbocycles. The summed E-state index contributed by atoms with van der Waals surface area (Å²) in [6, 6.07) is 3.82. The van der Waals surface area contributed by atoms with Crippen molar-refractivity contribution in [3.63, 3.8) is 0 Å². The van der Waals surface area contributed by atoms with Gasteiger partial charge >= 0.3 is 0 Å². The van der Waals surface area contributed by atoms with E-state index in [-0.39, 0.29) is 29.6 Å². The van der Waals surface area contributed by atoms with Crippen molar-refractivity contribution >= 4 is 35.6 Å².